The fourth-order valence-electron chi connectivity index (χ4n) is 2.59. The molecule has 1 aromatic carbocycles. The molecule has 1 saturated heterocycles. The Labute approximate surface area is 141 Å². The first-order chi connectivity index (χ1) is 11.1. The summed E-state index contributed by atoms with van der Waals surface area (Å²) in [6.07, 6.45) is -4.50. The van der Waals surface area contributed by atoms with Gasteiger partial charge >= 0.3 is 12.1 Å². The molecule has 9 heteroatoms. The van der Waals surface area contributed by atoms with Crippen molar-refractivity contribution in [2.24, 2.45) is 0 Å². The van der Waals surface area contributed by atoms with Crippen LogP contribution in [-0.4, -0.2) is 42.6 Å². The fraction of sp³-hybridized carbons (Fsp3) is 0.467. The number of halogens is 4. The van der Waals surface area contributed by atoms with Crippen molar-refractivity contribution in [1.82, 2.24) is 4.90 Å². The summed E-state index contributed by atoms with van der Waals surface area (Å²) < 4.78 is 43.0. The Morgan fingerprint density at radius 3 is 2.62 bits per heavy atom. The number of benzene rings is 1. The molecule has 24 heavy (non-hydrogen) atoms. The van der Waals surface area contributed by atoms with Gasteiger partial charge in [0.2, 0.25) is 5.91 Å². The second-order valence-corrected chi connectivity index (χ2v) is 5.85. The van der Waals surface area contributed by atoms with Gasteiger partial charge in [-0.3, -0.25) is 9.59 Å². The Morgan fingerprint density at radius 2 is 2.04 bits per heavy atom. The quantitative estimate of drug-likeness (QED) is 0.896. The van der Waals surface area contributed by atoms with E-state index in [-0.39, 0.29) is 24.4 Å². The molecule has 0 spiro atoms. The lowest BCUT2D eigenvalue weighted by Crippen LogP contribution is -2.48. The molecule has 1 N–H and O–H groups in total. The van der Waals surface area contributed by atoms with Gasteiger partial charge in [-0.1, -0.05) is 11.6 Å². The summed E-state index contributed by atoms with van der Waals surface area (Å²) in [4.78, 5) is 24.4. The van der Waals surface area contributed by atoms with E-state index in [0.29, 0.717) is 21.9 Å². The smallest absolute Gasteiger partial charge is 0.471 e. The Balaban J connectivity index is 2.20. The molecule has 1 aliphatic heterocycles. The first-order valence-electron chi connectivity index (χ1n) is 7.18. The van der Waals surface area contributed by atoms with E-state index in [0.717, 1.165) is 0 Å². The standard InChI is InChI=1S/C15H16ClF3N2O3/c1-8-6-10(12(24-2)7-9(8)16)20-13(22)11-4-3-5-21(11)14(23)15(17,18)19/h6-7,11H,3-5H2,1-2H3,(H,20,22). The van der Waals surface area contributed by atoms with Gasteiger partial charge in [-0.05, 0) is 31.4 Å². The Morgan fingerprint density at radius 1 is 1.38 bits per heavy atom. The summed E-state index contributed by atoms with van der Waals surface area (Å²) in [7, 11) is 1.38. The first-order valence-corrected chi connectivity index (χ1v) is 7.55. The maximum atomic E-state index is 12.6. The van der Waals surface area contributed by atoms with E-state index in [1.165, 1.54) is 13.2 Å². The molecule has 1 aromatic rings. The van der Waals surface area contributed by atoms with Gasteiger partial charge < -0.3 is 15.0 Å². The van der Waals surface area contributed by atoms with E-state index in [9.17, 15) is 22.8 Å². The van der Waals surface area contributed by atoms with E-state index < -0.39 is 24.0 Å². The number of methoxy groups -OCH3 is 1. The summed E-state index contributed by atoms with van der Waals surface area (Å²) in [6.45, 7) is 1.61. The van der Waals surface area contributed by atoms with Crippen molar-refractivity contribution >= 4 is 29.1 Å². The molecular weight excluding hydrogens is 349 g/mol. The Hall–Kier alpha value is -1.96. The molecule has 0 bridgehead atoms. The molecule has 1 fully saturated rings. The summed E-state index contributed by atoms with van der Waals surface area (Å²) in [5.41, 5.74) is 0.957. The van der Waals surface area contributed by atoms with Gasteiger partial charge in [-0.15, -0.1) is 0 Å². The van der Waals surface area contributed by atoms with Crippen LogP contribution in [-0.2, 0) is 9.59 Å². The van der Waals surface area contributed by atoms with Crippen molar-refractivity contribution in [3.63, 3.8) is 0 Å². The van der Waals surface area contributed by atoms with Gasteiger partial charge in [0.25, 0.3) is 0 Å². The van der Waals surface area contributed by atoms with Gasteiger partial charge in [0.05, 0.1) is 12.8 Å². The SMILES string of the molecule is COc1cc(Cl)c(C)cc1NC(=O)C1CCCN1C(=O)C(F)(F)F. The van der Waals surface area contributed by atoms with Crippen molar-refractivity contribution in [1.29, 1.82) is 0 Å². The molecular formula is C15H16ClF3N2O3. The number of alkyl halides is 3. The van der Waals surface area contributed by atoms with Crippen LogP contribution in [0.4, 0.5) is 18.9 Å². The minimum absolute atomic E-state index is 0.104. The molecule has 5 nitrogen and oxygen atoms in total. The summed E-state index contributed by atoms with van der Waals surface area (Å²) in [5.74, 6) is -2.41. The molecule has 1 atom stereocenters. The van der Waals surface area contributed by atoms with Crippen LogP contribution >= 0.6 is 11.6 Å². The minimum Gasteiger partial charge on any atom is -0.495 e. The van der Waals surface area contributed by atoms with E-state index >= 15 is 0 Å². The second kappa shape index (κ2) is 6.88. The summed E-state index contributed by atoms with van der Waals surface area (Å²) in [6, 6.07) is 1.89. The molecule has 0 aliphatic carbocycles. The monoisotopic (exact) mass is 364 g/mol. The molecule has 2 amide bonds. The maximum Gasteiger partial charge on any atom is 0.471 e. The molecule has 1 unspecified atom stereocenters. The highest BCUT2D eigenvalue weighted by molar-refractivity contribution is 6.31. The first kappa shape index (κ1) is 18.4. The highest BCUT2D eigenvalue weighted by Crippen LogP contribution is 2.32. The predicted molar refractivity (Wildman–Crippen MR) is 82.2 cm³/mol. The fourth-order valence-corrected chi connectivity index (χ4v) is 2.74. The van der Waals surface area contributed by atoms with Gasteiger partial charge in [-0.2, -0.15) is 13.2 Å². The van der Waals surface area contributed by atoms with Crippen molar-refractivity contribution in [3.05, 3.63) is 22.7 Å². The lowest BCUT2D eigenvalue weighted by Gasteiger charge is -2.25. The van der Waals surface area contributed by atoms with Gasteiger partial charge in [-0.25, -0.2) is 0 Å². The van der Waals surface area contributed by atoms with Crippen molar-refractivity contribution in [2.75, 3.05) is 19.0 Å². The number of nitrogens with one attached hydrogen (secondary N) is 1. The number of aryl methyl sites for hydroxylation is 1. The van der Waals surface area contributed by atoms with Crippen molar-refractivity contribution in [2.45, 2.75) is 32.0 Å². The number of nitrogens with zero attached hydrogens (tertiary/aromatic N) is 1. The predicted octanol–water partition coefficient (Wildman–Crippen LogP) is 3.15. The molecule has 2 rings (SSSR count). The van der Waals surface area contributed by atoms with Crippen molar-refractivity contribution < 1.29 is 27.5 Å². The zero-order valence-electron chi connectivity index (χ0n) is 13.0. The van der Waals surface area contributed by atoms with E-state index in [1.807, 2.05) is 0 Å². The van der Waals surface area contributed by atoms with Crippen molar-refractivity contribution in [3.8, 4) is 5.75 Å². The number of hydrogen-bond donors (Lipinski definition) is 1. The summed E-state index contributed by atoms with van der Waals surface area (Å²) >= 11 is 5.97. The Kier molecular flexibility index (Phi) is 5.27. The van der Waals surface area contributed by atoms with Crippen LogP contribution in [0.2, 0.25) is 5.02 Å². The zero-order valence-corrected chi connectivity index (χ0v) is 13.8. The van der Waals surface area contributed by atoms with Gasteiger partial charge in [0, 0.05) is 17.6 Å². The van der Waals surface area contributed by atoms with Gasteiger partial charge in [0.1, 0.15) is 11.8 Å². The highest BCUT2D eigenvalue weighted by atomic mass is 35.5. The number of rotatable bonds is 3. The number of anilines is 1. The van der Waals surface area contributed by atoms with Crippen LogP contribution in [0.5, 0.6) is 5.75 Å². The second-order valence-electron chi connectivity index (χ2n) is 5.45. The van der Waals surface area contributed by atoms with Crippen LogP contribution in [0.1, 0.15) is 18.4 Å². The molecule has 1 heterocycles. The lowest BCUT2D eigenvalue weighted by atomic mass is 10.1. The third-order valence-corrected chi connectivity index (χ3v) is 4.20. The molecule has 0 saturated carbocycles. The number of carbonyl (C=O) groups is 2. The maximum absolute atomic E-state index is 12.6. The average molecular weight is 365 g/mol. The van der Waals surface area contributed by atoms with Gasteiger partial charge in [0.15, 0.2) is 0 Å². The van der Waals surface area contributed by atoms with E-state index in [1.54, 1.807) is 13.0 Å². The number of hydrogen-bond acceptors (Lipinski definition) is 3. The molecule has 0 radical (unpaired) electrons. The third-order valence-electron chi connectivity index (χ3n) is 3.80. The van der Waals surface area contributed by atoms with Crippen LogP contribution in [0, 0.1) is 6.92 Å². The highest BCUT2D eigenvalue weighted by Gasteiger charge is 2.47. The van der Waals surface area contributed by atoms with E-state index in [2.05, 4.69) is 5.32 Å². The largest absolute Gasteiger partial charge is 0.495 e. The summed E-state index contributed by atoms with van der Waals surface area (Å²) in [5, 5.41) is 2.95. The molecule has 132 valence electrons. The van der Waals surface area contributed by atoms with Crippen LogP contribution in [0.25, 0.3) is 0 Å². The van der Waals surface area contributed by atoms with Crippen LogP contribution in [0.3, 0.4) is 0 Å². The third kappa shape index (κ3) is 3.75. The molecule has 0 aromatic heterocycles. The number of likely N-dealkylation sites (tertiary alicyclic amines) is 1. The normalized spacial score (nSPS) is 17.8. The Bertz CT molecular complexity index is 664. The average Bonchev–Trinajstić information content (AvgIpc) is 2.98. The topological polar surface area (TPSA) is 58.6 Å². The molecule has 1 aliphatic rings. The zero-order chi connectivity index (χ0) is 18.1. The number of amides is 2. The number of ether oxygens (including phenoxy) is 1. The lowest BCUT2D eigenvalue weighted by molar-refractivity contribution is -0.186. The van der Waals surface area contributed by atoms with Crippen LogP contribution in [0.15, 0.2) is 12.1 Å². The minimum atomic E-state index is -5.00. The van der Waals surface area contributed by atoms with E-state index in [4.69, 9.17) is 16.3 Å². The number of carbonyl (C=O) groups excluding carboxylic acids is 2. The van der Waals surface area contributed by atoms with Crippen LogP contribution < -0.4 is 10.1 Å².